The first kappa shape index (κ1) is 16.0. The molecule has 0 fully saturated rings. The summed E-state index contributed by atoms with van der Waals surface area (Å²) in [5, 5.41) is 19.6. The summed E-state index contributed by atoms with van der Waals surface area (Å²) in [5.41, 5.74) is 2.62. The number of ether oxygens (including phenoxy) is 1. The number of hydrogen-bond acceptors (Lipinski definition) is 4. The Morgan fingerprint density at radius 1 is 1.36 bits per heavy atom. The Morgan fingerprint density at radius 3 is 2.92 bits per heavy atom. The van der Waals surface area contributed by atoms with Crippen molar-refractivity contribution in [1.29, 1.82) is 0 Å². The van der Waals surface area contributed by atoms with E-state index in [9.17, 15) is 14.7 Å². The van der Waals surface area contributed by atoms with Gasteiger partial charge in [-0.15, -0.1) is 0 Å². The van der Waals surface area contributed by atoms with Gasteiger partial charge in [-0.25, -0.2) is 0 Å². The van der Waals surface area contributed by atoms with Crippen molar-refractivity contribution in [2.45, 2.75) is 12.3 Å². The van der Waals surface area contributed by atoms with Gasteiger partial charge < -0.3 is 19.8 Å². The molecular formula is C18H14BrNO5. The molecule has 2 aliphatic rings. The van der Waals surface area contributed by atoms with Crippen molar-refractivity contribution in [3.05, 3.63) is 51.5 Å². The van der Waals surface area contributed by atoms with Crippen LogP contribution < -0.4 is 9.64 Å². The van der Waals surface area contributed by atoms with Crippen molar-refractivity contribution in [1.82, 2.24) is 0 Å². The number of benzene rings is 2. The van der Waals surface area contributed by atoms with Crippen LogP contribution in [0.2, 0.25) is 0 Å². The van der Waals surface area contributed by atoms with Gasteiger partial charge in [0.2, 0.25) is 5.91 Å². The Balaban J connectivity index is 1.89. The summed E-state index contributed by atoms with van der Waals surface area (Å²) in [7, 11) is 0. The fourth-order valence-corrected chi connectivity index (χ4v) is 4.08. The van der Waals surface area contributed by atoms with E-state index in [1.807, 2.05) is 0 Å². The van der Waals surface area contributed by atoms with Crippen LogP contribution in [0.3, 0.4) is 0 Å². The molecule has 7 heteroatoms. The summed E-state index contributed by atoms with van der Waals surface area (Å²) in [6.45, 7) is 0.121. The molecule has 4 rings (SSSR count). The fourth-order valence-electron chi connectivity index (χ4n) is 3.50. The molecule has 0 spiro atoms. The van der Waals surface area contributed by atoms with Crippen LogP contribution in [0.4, 0.5) is 5.69 Å². The van der Waals surface area contributed by atoms with E-state index in [0.29, 0.717) is 40.1 Å². The molecular weight excluding hydrogens is 390 g/mol. The summed E-state index contributed by atoms with van der Waals surface area (Å²) in [4.78, 5) is 25.4. The highest BCUT2D eigenvalue weighted by molar-refractivity contribution is 9.10. The zero-order valence-electron chi connectivity index (χ0n) is 13.0. The van der Waals surface area contributed by atoms with Crippen LogP contribution in [0.25, 0.3) is 0 Å². The molecule has 2 aromatic rings. The number of fused-ring (bicyclic) bond motifs is 2. The van der Waals surface area contributed by atoms with Gasteiger partial charge in [0.1, 0.15) is 18.0 Å². The lowest BCUT2D eigenvalue weighted by Crippen LogP contribution is -2.34. The maximum atomic E-state index is 13.0. The van der Waals surface area contributed by atoms with Gasteiger partial charge in [-0.3, -0.25) is 9.59 Å². The van der Waals surface area contributed by atoms with Crippen LogP contribution in [0.1, 0.15) is 22.6 Å². The summed E-state index contributed by atoms with van der Waals surface area (Å²) in [6.07, 6.45) is 0.713. The number of aromatic hydroxyl groups is 1. The minimum atomic E-state index is -1.09. The standard InChI is InChI=1S/C18H14BrNO5/c19-11-2-1-3-12-17(11)16(18(24)20(12)8-15(22)23)10-6-9-4-5-25-14(9)7-13(10)21/h1-3,6-7,16,21H,4-5,8H2,(H,22,23). The number of carbonyl (C=O) groups is 2. The molecule has 0 bridgehead atoms. The molecule has 1 atom stereocenters. The monoisotopic (exact) mass is 403 g/mol. The molecule has 0 saturated carbocycles. The zero-order valence-corrected chi connectivity index (χ0v) is 14.6. The summed E-state index contributed by atoms with van der Waals surface area (Å²) >= 11 is 3.46. The molecule has 2 N–H and O–H groups in total. The number of anilines is 1. The molecule has 25 heavy (non-hydrogen) atoms. The molecule has 1 amide bonds. The molecule has 0 aliphatic carbocycles. The summed E-state index contributed by atoms with van der Waals surface area (Å²) < 4.78 is 6.15. The van der Waals surface area contributed by atoms with Crippen molar-refractivity contribution in [3.8, 4) is 11.5 Å². The quantitative estimate of drug-likeness (QED) is 0.822. The first-order chi connectivity index (χ1) is 12.0. The number of rotatable bonds is 3. The second-order valence-corrected chi connectivity index (χ2v) is 6.90. The molecule has 0 radical (unpaired) electrons. The number of nitrogens with zero attached hydrogens (tertiary/aromatic N) is 1. The van der Waals surface area contributed by atoms with Crippen molar-refractivity contribution < 1.29 is 24.5 Å². The molecule has 0 saturated heterocycles. The summed E-state index contributed by atoms with van der Waals surface area (Å²) in [6, 6.07) is 8.59. The van der Waals surface area contributed by atoms with Crippen LogP contribution in [0.15, 0.2) is 34.8 Å². The Bertz CT molecular complexity index is 911. The lowest BCUT2D eigenvalue weighted by molar-refractivity contribution is -0.136. The Morgan fingerprint density at radius 2 is 2.16 bits per heavy atom. The largest absolute Gasteiger partial charge is 0.507 e. The van der Waals surface area contributed by atoms with Crippen molar-refractivity contribution in [2.24, 2.45) is 0 Å². The molecule has 128 valence electrons. The highest BCUT2D eigenvalue weighted by Crippen LogP contribution is 2.48. The average molecular weight is 404 g/mol. The lowest BCUT2D eigenvalue weighted by atomic mass is 9.90. The van der Waals surface area contributed by atoms with E-state index < -0.39 is 18.4 Å². The van der Waals surface area contributed by atoms with Crippen LogP contribution in [-0.4, -0.2) is 35.2 Å². The Hall–Kier alpha value is -2.54. The third-order valence-corrected chi connectivity index (χ3v) is 5.26. The minimum Gasteiger partial charge on any atom is -0.507 e. The SMILES string of the molecule is O=C(O)CN1C(=O)C(c2cc3c(cc2O)OCC3)c2c(Br)cccc21. The van der Waals surface area contributed by atoms with Crippen molar-refractivity contribution in [2.75, 3.05) is 18.1 Å². The first-order valence-corrected chi connectivity index (χ1v) is 8.57. The van der Waals surface area contributed by atoms with Gasteiger partial charge in [0.05, 0.1) is 12.5 Å². The van der Waals surface area contributed by atoms with E-state index in [2.05, 4.69) is 15.9 Å². The summed E-state index contributed by atoms with van der Waals surface area (Å²) in [5.74, 6) is -1.61. The van der Waals surface area contributed by atoms with Gasteiger partial charge in [-0.05, 0) is 23.8 Å². The number of halogens is 1. The Kier molecular flexibility index (Phi) is 3.68. The molecule has 6 nitrogen and oxygen atoms in total. The smallest absolute Gasteiger partial charge is 0.323 e. The van der Waals surface area contributed by atoms with Gasteiger partial charge in [0.15, 0.2) is 0 Å². The van der Waals surface area contributed by atoms with Crippen LogP contribution >= 0.6 is 15.9 Å². The first-order valence-electron chi connectivity index (χ1n) is 7.77. The topological polar surface area (TPSA) is 87.1 Å². The number of amides is 1. The van der Waals surface area contributed by atoms with Gasteiger partial charge in [0, 0.05) is 33.8 Å². The average Bonchev–Trinajstić information content (AvgIpc) is 3.11. The zero-order chi connectivity index (χ0) is 17.7. The molecule has 2 heterocycles. The number of hydrogen-bond donors (Lipinski definition) is 2. The molecule has 2 aliphatic heterocycles. The van der Waals surface area contributed by atoms with Gasteiger partial charge in [-0.1, -0.05) is 22.0 Å². The predicted octanol–water partition coefficient (Wildman–Crippen LogP) is 2.65. The van der Waals surface area contributed by atoms with Gasteiger partial charge >= 0.3 is 5.97 Å². The normalized spacial score (nSPS) is 18.0. The molecule has 2 aromatic carbocycles. The third kappa shape index (κ3) is 2.46. The van der Waals surface area contributed by atoms with Crippen LogP contribution in [0.5, 0.6) is 11.5 Å². The second-order valence-electron chi connectivity index (χ2n) is 6.04. The number of carbonyl (C=O) groups excluding carboxylic acids is 1. The van der Waals surface area contributed by atoms with Gasteiger partial charge in [-0.2, -0.15) is 0 Å². The maximum Gasteiger partial charge on any atom is 0.323 e. The highest BCUT2D eigenvalue weighted by Gasteiger charge is 2.42. The minimum absolute atomic E-state index is 0.0297. The number of carboxylic acids is 1. The lowest BCUT2D eigenvalue weighted by Gasteiger charge is -2.16. The maximum absolute atomic E-state index is 13.0. The van der Waals surface area contributed by atoms with Gasteiger partial charge in [0.25, 0.3) is 0 Å². The van der Waals surface area contributed by atoms with Crippen molar-refractivity contribution in [3.63, 3.8) is 0 Å². The number of phenolic OH excluding ortho intramolecular Hbond substituents is 1. The Labute approximate surface area is 151 Å². The predicted molar refractivity (Wildman–Crippen MR) is 93.3 cm³/mol. The van der Waals surface area contributed by atoms with Crippen LogP contribution in [0, 0.1) is 0 Å². The van der Waals surface area contributed by atoms with E-state index >= 15 is 0 Å². The number of carboxylic acid groups (broad SMARTS) is 1. The fraction of sp³-hybridized carbons (Fsp3) is 0.222. The van der Waals surface area contributed by atoms with E-state index in [-0.39, 0.29) is 11.7 Å². The molecule has 1 unspecified atom stereocenters. The van der Waals surface area contributed by atoms with E-state index in [0.717, 1.165) is 5.56 Å². The number of phenols is 1. The second kappa shape index (κ2) is 5.77. The van der Waals surface area contributed by atoms with Crippen molar-refractivity contribution >= 4 is 33.5 Å². The third-order valence-electron chi connectivity index (χ3n) is 4.57. The number of aliphatic carboxylic acids is 1. The van der Waals surface area contributed by atoms with Crippen LogP contribution in [-0.2, 0) is 16.0 Å². The molecule has 0 aromatic heterocycles. The van der Waals surface area contributed by atoms with E-state index in [1.165, 1.54) is 11.0 Å². The van der Waals surface area contributed by atoms with E-state index in [1.54, 1.807) is 24.3 Å². The van der Waals surface area contributed by atoms with E-state index in [4.69, 9.17) is 9.84 Å². The highest BCUT2D eigenvalue weighted by atomic mass is 79.9.